The normalized spacial score (nSPS) is 10.4. The molecule has 0 N–H and O–H groups in total. The lowest BCUT2D eigenvalue weighted by Crippen LogP contribution is -2.37. The Morgan fingerprint density at radius 2 is 2.33 bits per heavy atom. The second-order valence-corrected chi connectivity index (χ2v) is 4.17. The van der Waals surface area contributed by atoms with E-state index in [-0.39, 0.29) is 11.9 Å². The van der Waals surface area contributed by atoms with Gasteiger partial charge in [-0.2, -0.15) is 0 Å². The number of nitrogens with zero attached hydrogens (tertiary/aromatic N) is 2. The minimum Gasteiger partial charge on any atom is -0.335 e. The zero-order valence-corrected chi connectivity index (χ0v) is 10.6. The van der Waals surface area contributed by atoms with Crippen molar-refractivity contribution in [2.45, 2.75) is 26.4 Å². The van der Waals surface area contributed by atoms with Gasteiger partial charge < -0.3 is 4.90 Å². The van der Waals surface area contributed by atoms with Crippen molar-refractivity contribution in [1.29, 1.82) is 0 Å². The van der Waals surface area contributed by atoms with Gasteiger partial charge in [0.05, 0.1) is 5.33 Å². The van der Waals surface area contributed by atoms with Crippen LogP contribution < -0.4 is 0 Å². The molecule has 0 saturated carbocycles. The van der Waals surface area contributed by atoms with Gasteiger partial charge in [-0.1, -0.05) is 22.0 Å². The number of carbonyl (C=O) groups is 1. The molecule has 4 heteroatoms. The van der Waals surface area contributed by atoms with E-state index in [2.05, 4.69) is 20.9 Å². The fourth-order valence-electron chi connectivity index (χ4n) is 1.32. The molecule has 0 aliphatic heterocycles. The molecule has 1 heterocycles. The van der Waals surface area contributed by atoms with Crippen molar-refractivity contribution in [1.82, 2.24) is 9.88 Å². The summed E-state index contributed by atoms with van der Waals surface area (Å²) < 4.78 is 0. The molecular weight excluding hydrogens is 256 g/mol. The van der Waals surface area contributed by atoms with E-state index in [1.54, 1.807) is 12.4 Å². The highest BCUT2D eigenvalue weighted by Gasteiger charge is 2.15. The Morgan fingerprint density at radius 1 is 1.60 bits per heavy atom. The van der Waals surface area contributed by atoms with Crippen molar-refractivity contribution in [3.05, 3.63) is 30.1 Å². The predicted octanol–water partition coefficient (Wildman–Crippen LogP) is 2.21. The van der Waals surface area contributed by atoms with Crippen LogP contribution in [-0.4, -0.2) is 27.2 Å². The maximum Gasteiger partial charge on any atom is 0.233 e. The number of halogens is 1. The molecule has 82 valence electrons. The number of rotatable bonds is 4. The van der Waals surface area contributed by atoms with Crippen LogP contribution >= 0.6 is 15.9 Å². The molecule has 0 aromatic carbocycles. The third-order valence-corrected chi connectivity index (χ3v) is 2.61. The van der Waals surface area contributed by atoms with Crippen LogP contribution in [-0.2, 0) is 11.3 Å². The largest absolute Gasteiger partial charge is 0.335 e. The summed E-state index contributed by atoms with van der Waals surface area (Å²) in [6.45, 7) is 4.64. The molecule has 0 fully saturated rings. The summed E-state index contributed by atoms with van der Waals surface area (Å²) >= 11 is 3.19. The minimum atomic E-state index is 0.105. The summed E-state index contributed by atoms with van der Waals surface area (Å²) in [7, 11) is 0. The summed E-state index contributed by atoms with van der Waals surface area (Å²) in [5.41, 5.74) is 1.06. The molecule has 3 nitrogen and oxygen atoms in total. The fraction of sp³-hybridized carbons (Fsp3) is 0.455. The Bertz CT molecular complexity index is 314. The smallest absolute Gasteiger partial charge is 0.233 e. The van der Waals surface area contributed by atoms with Crippen molar-refractivity contribution in [3.8, 4) is 0 Å². The SMILES string of the molecule is CC(C)N(Cc1cccnc1)C(=O)CBr. The summed E-state index contributed by atoms with van der Waals surface area (Å²) in [4.78, 5) is 17.5. The average Bonchev–Trinajstić information content (AvgIpc) is 2.26. The molecule has 15 heavy (non-hydrogen) atoms. The highest BCUT2D eigenvalue weighted by atomic mass is 79.9. The number of hydrogen-bond donors (Lipinski definition) is 0. The van der Waals surface area contributed by atoms with Gasteiger partial charge in [-0.3, -0.25) is 9.78 Å². The highest BCUT2D eigenvalue weighted by molar-refractivity contribution is 9.09. The van der Waals surface area contributed by atoms with Crippen LogP contribution in [0.5, 0.6) is 0 Å². The molecule has 0 aliphatic carbocycles. The van der Waals surface area contributed by atoms with E-state index < -0.39 is 0 Å². The van der Waals surface area contributed by atoms with Crippen molar-refractivity contribution in [2.24, 2.45) is 0 Å². The summed E-state index contributed by atoms with van der Waals surface area (Å²) in [6.07, 6.45) is 3.52. The third kappa shape index (κ3) is 3.63. The summed E-state index contributed by atoms with van der Waals surface area (Å²) in [6, 6.07) is 4.06. The van der Waals surface area contributed by atoms with Crippen LogP contribution in [0, 0.1) is 0 Å². The van der Waals surface area contributed by atoms with E-state index in [1.807, 2.05) is 30.9 Å². The van der Waals surface area contributed by atoms with Gasteiger partial charge in [-0.25, -0.2) is 0 Å². The van der Waals surface area contributed by atoms with E-state index in [1.165, 1.54) is 0 Å². The van der Waals surface area contributed by atoms with E-state index in [0.29, 0.717) is 11.9 Å². The quantitative estimate of drug-likeness (QED) is 0.787. The zero-order chi connectivity index (χ0) is 11.3. The van der Waals surface area contributed by atoms with Crippen LogP contribution in [0.15, 0.2) is 24.5 Å². The Morgan fingerprint density at radius 3 is 2.80 bits per heavy atom. The summed E-state index contributed by atoms with van der Waals surface area (Å²) in [5.74, 6) is 0.105. The molecule has 1 aromatic heterocycles. The first-order chi connectivity index (χ1) is 7.15. The van der Waals surface area contributed by atoms with Crippen LogP contribution in [0.3, 0.4) is 0 Å². The van der Waals surface area contributed by atoms with Gasteiger partial charge in [-0.15, -0.1) is 0 Å². The summed E-state index contributed by atoms with van der Waals surface area (Å²) in [5, 5.41) is 0.367. The van der Waals surface area contributed by atoms with Gasteiger partial charge in [0.15, 0.2) is 0 Å². The lowest BCUT2D eigenvalue weighted by atomic mass is 10.2. The topological polar surface area (TPSA) is 33.2 Å². The van der Waals surface area contributed by atoms with Crippen LogP contribution in [0.4, 0.5) is 0 Å². The Kier molecular flexibility index (Phi) is 4.75. The van der Waals surface area contributed by atoms with E-state index in [4.69, 9.17) is 0 Å². The monoisotopic (exact) mass is 270 g/mol. The zero-order valence-electron chi connectivity index (χ0n) is 8.98. The molecule has 0 radical (unpaired) electrons. The van der Waals surface area contributed by atoms with Gasteiger partial charge in [0, 0.05) is 25.0 Å². The Hall–Kier alpha value is -0.900. The first kappa shape index (κ1) is 12.2. The molecule has 0 spiro atoms. The number of alkyl halides is 1. The molecular formula is C11H15BrN2O. The maximum absolute atomic E-state index is 11.6. The lowest BCUT2D eigenvalue weighted by molar-refractivity contribution is -0.130. The number of carbonyl (C=O) groups excluding carboxylic acids is 1. The molecule has 0 aliphatic rings. The maximum atomic E-state index is 11.6. The van der Waals surface area contributed by atoms with Crippen molar-refractivity contribution in [2.75, 3.05) is 5.33 Å². The molecule has 0 unspecified atom stereocenters. The molecule has 1 amide bonds. The van der Waals surface area contributed by atoms with Gasteiger partial charge in [0.25, 0.3) is 0 Å². The molecule has 0 atom stereocenters. The van der Waals surface area contributed by atoms with E-state index in [9.17, 15) is 4.79 Å². The molecule has 1 rings (SSSR count). The van der Waals surface area contributed by atoms with E-state index >= 15 is 0 Å². The Labute approximate surface area is 98.6 Å². The number of amides is 1. The average molecular weight is 271 g/mol. The third-order valence-electron chi connectivity index (χ3n) is 2.13. The number of aromatic nitrogens is 1. The fourth-order valence-corrected chi connectivity index (χ4v) is 1.65. The van der Waals surface area contributed by atoms with Crippen LogP contribution in [0.1, 0.15) is 19.4 Å². The number of pyridine rings is 1. The first-order valence-corrected chi connectivity index (χ1v) is 6.01. The van der Waals surface area contributed by atoms with Crippen LogP contribution in [0.2, 0.25) is 0 Å². The van der Waals surface area contributed by atoms with Crippen molar-refractivity contribution < 1.29 is 4.79 Å². The molecule has 0 bridgehead atoms. The van der Waals surface area contributed by atoms with E-state index in [0.717, 1.165) is 5.56 Å². The van der Waals surface area contributed by atoms with Gasteiger partial charge >= 0.3 is 0 Å². The molecule has 1 aromatic rings. The van der Waals surface area contributed by atoms with Crippen LogP contribution in [0.25, 0.3) is 0 Å². The standard InChI is InChI=1S/C11H15BrN2O/c1-9(2)14(11(15)6-12)8-10-4-3-5-13-7-10/h3-5,7,9H,6,8H2,1-2H3. The van der Waals surface area contributed by atoms with Gasteiger partial charge in [0.1, 0.15) is 0 Å². The first-order valence-electron chi connectivity index (χ1n) is 4.89. The molecule has 0 saturated heterocycles. The highest BCUT2D eigenvalue weighted by Crippen LogP contribution is 2.08. The Balaban J connectivity index is 2.72. The van der Waals surface area contributed by atoms with Crippen molar-refractivity contribution >= 4 is 21.8 Å². The predicted molar refractivity (Wildman–Crippen MR) is 63.7 cm³/mol. The number of hydrogen-bond acceptors (Lipinski definition) is 2. The van der Waals surface area contributed by atoms with Gasteiger partial charge in [0.2, 0.25) is 5.91 Å². The van der Waals surface area contributed by atoms with Gasteiger partial charge in [-0.05, 0) is 25.5 Å². The second-order valence-electron chi connectivity index (χ2n) is 3.61. The van der Waals surface area contributed by atoms with Crippen molar-refractivity contribution in [3.63, 3.8) is 0 Å². The second kappa shape index (κ2) is 5.85. The lowest BCUT2D eigenvalue weighted by Gasteiger charge is -2.26. The minimum absolute atomic E-state index is 0.105.